The zero-order valence-electron chi connectivity index (χ0n) is 19.1. The molecule has 1 saturated heterocycles. The molecule has 0 aromatic carbocycles. The zero-order valence-corrected chi connectivity index (χ0v) is 20.7. The Kier molecular flexibility index (Phi) is 13.2. The number of thioether (sulfide) groups is 2. The second kappa shape index (κ2) is 15.0. The molecule has 0 spiro atoms. The molecule has 1 aliphatic rings. The summed E-state index contributed by atoms with van der Waals surface area (Å²) in [5, 5.41) is 27.0. The van der Waals surface area contributed by atoms with E-state index < -0.39 is 54.0 Å². The highest BCUT2D eigenvalue weighted by molar-refractivity contribution is 7.98. The zero-order chi connectivity index (χ0) is 25.0. The minimum atomic E-state index is -1.32. The molecule has 1 rings (SSSR count). The van der Waals surface area contributed by atoms with Gasteiger partial charge >= 0.3 is 5.97 Å². The summed E-state index contributed by atoms with van der Waals surface area (Å²) in [5.41, 5.74) is 0. The molecule has 0 radical (unpaired) electrons. The van der Waals surface area contributed by atoms with Gasteiger partial charge in [-0.25, -0.2) is 4.79 Å². The predicted molar refractivity (Wildman–Crippen MR) is 127 cm³/mol. The molecule has 13 heteroatoms. The third-order valence-electron chi connectivity index (χ3n) is 5.31. The number of carbonyl (C=O) groups is 5. The second-order valence-corrected chi connectivity index (χ2v) is 9.69. The number of likely N-dealkylation sites (tertiary alicyclic amines) is 1. The molecule has 0 aromatic heterocycles. The standard InChI is InChI=1S/C20H34N4O7S2/c1-12(26)16(23-17(27)13(21-11-25)6-9-32-2)19(29)24-8-4-5-15(24)18(28)22-14(20(30)31)7-10-33-3/h11-16,26H,4-10H2,1-3H3,(H,21,25)(H,22,28)(H,23,27)(H,30,31)/t12-,13+,14+,15+,16+/m1/s1. The molecular formula is C20H34N4O7S2. The average Bonchev–Trinajstić information content (AvgIpc) is 3.26. The van der Waals surface area contributed by atoms with Crippen molar-refractivity contribution >= 4 is 53.6 Å². The van der Waals surface area contributed by atoms with Crippen molar-refractivity contribution in [3.8, 4) is 0 Å². The number of carboxylic acids is 1. The number of amides is 4. The molecule has 188 valence electrons. The number of aliphatic hydroxyl groups excluding tert-OH is 1. The Bertz CT molecular complexity index is 695. The molecule has 0 saturated carbocycles. The van der Waals surface area contributed by atoms with Gasteiger partial charge in [0.15, 0.2) is 0 Å². The van der Waals surface area contributed by atoms with Gasteiger partial charge in [-0.15, -0.1) is 0 Å². The topological polar surface area (TPSA) is 165 Å². The second-order valence-electron chi connectivity index (χ2n) is 7.72. The number of aliphatic hydroxyl groups is 1. The maximum Gasteiger partial charge on any atom is 0.326 e. The molecular weight excluding hydrogens is 472 g/mol. The van der Waals surface area contributed by atoms with Crippen LogP contribution in [0, 0.1) is 0 Å². The third kappa shape index (κ3) is 9.05. The van der Waals surface area contributed by atoms with Crippen LogP contribution in [0.25, 0.3) is 0 Å². The van der Waals surface area contributed by atoms with Crippen LogP contribution in [0.1, 0.15) is 32.6 Å². The number of nitrogens with one attached hydrogen (secondary N) is 3. The van der Waals surface area contributed by atoms with Gasteiger partial charge in [-0.1, -0.05) is 0 Å². The smallest absolute Gasteiger partial charge is 0.326 e. The van der Waals surface area contributed by atoms with Gasteiger partial charge in [0, 0.05) is 6.54 Å². The number of aliphatic carboxylic acids is 1. The highest BCUT2D eigenvalue weighted by Crippen LogP contribution is 2.20. The summed E-state index contributed by atoms with van der Waals surface area (Å²) in [4.78, 5) is 62.2. The first-order valence-electron chi connectivity index (χ1n) is 10.7. The van der Waals surface area contributed by atoms with Crippen molar-refractivity contribution in [3.63, 3.8) is 0 Å². The van der Waals surface area contributed by atoms with Crippen LogP contribution in [0.15, 0.2) is 0 Å². The number of hydrogen-bond donors (Lipinski definition) is 5. The third-order valence-corrected chi connectivity index (χ3v) is 6.59. The fourth-order valence-electron chi connectivity index (χ4n) is 3.49. The van der Waals surface area contributed by atoms with E-state index in [9.17, 15) is 34.2 Å². The van der Waals surface area contributed by atoms with E-state index in [0.29, 0.717) is 37.2 Å². The van der Waals surface area contributed by atoms with Crippen molar-refractivity contribution in [3.05, 3.63) is 0 Å². The fraction of sp³-hybridized carbons (Fsp3) is 0.750. The summed E-state index contributed by atoms with van der Waals surface area (Å²) in [7, 11) is 0. The van der Waals surface area contributed by atoms with E-state index in [-0.39, 0.29) is 13.0 Å². The quantitative estimate of drug-likeness (QED) is 0.176. The van der Waals surface area contributed by atoms with Crippen molar-refractivity contribution in [2.75, 3.05) is 30.6 Å². The van der Waals surface area contributed by atoms with Crippen molar-refractivity contribution < 1.29 is 34.2 Å². The number of carbonyl (C=O) groups excluding carboxylic acids is 4. The lowest BCUT2D eigenvalue weighted by Crippen LogP contribution is -2.60. The van der Waals surface area contributed by atoms with E-state index in [4.69, 9.17) is 0 Å². The molecule has 0 aromatic rings. The van der Waals surface area contributed by atoms with Gasteiger partial charge in [0.1, 0.15) is 24.2 Å². The van der Waals surface area contributed by atoms with Gasteiger partial charge in [0.2, 0.25) is 24.1 Å². The molecule has 0 unspecified atom stereocenters. The van der Waals surface area contributed by atoms with Crippen LogP contribution in [-0.4, -0.2) is 106 Å². The fourth-order valence-corrected chi connectivity index (χ4v) is 4.44. The molecule has 5 N–H and O–H groups in total. The average molecular weight is 507 g/mol. The Morgan fingerprint density at radius 2 is 1.70 bits per heavy atom. The monoisotopic (exact) mass is 506 g/mol. The highest BCUT2D eigenvalue weighted by atomic mass is 32.2. The van der Waals surface area contributed by atoms with E-state index in [0.717, 1.165) is 0 Å². The Labute approximate surface area is 202 Å². The van der Waals surface area contributed by atoms with E-state index in [1.165, 1.54) is 35.3 Å². The van der Waals surface area contributed by atoms with E-state index in [1.54, 1.807) is 0 Å². The van der Waals surface area contributed by atoms with Crippen LogP contribution in [0.4, 0.5) is 0 Å². The molecule has 1 aliphatic heterocycles. The normalized spacial score (nSPS) is 19.2. The minimum Gasteiger partial charge on any atom is -0.480 e. The lowest BCUT2D eigenvalue weighted by Gasteiger charge is -2.31. The molecule has 5 atom stereocenters. The molecule has 1 heterocycles. The van der Waals surface area contributed by atoms with Crippen molar-refractivity contribution in [1.29, 1.82) is 0 Å². The van der Waals surface area contributed by atoms with Crippen LogP contribution >= 0.6 is 23.5 Å². The summed E-state index contributed by atoms with van der Waals surface area (Å²) in [6, 6.07) is -4.15. The maximum atomic E-state index is 13.2. The maximum absolute atomic E-state index is 13.2. The summed E-state index contributed by atoms with van der Waals surface area (Å²) < 4.78 is 0. The van der Waals surface area contributed by atoms with Crippen LogP contribution in [0.5, 0.6) is 0 Å². The van der Waals surface area contributed by atoms with Crippen LogP contribution in [-0.2, 0) is 24.0 Å². The first-order valence-corrected chi connectivity index (χ1v) is 13.5. The Morgan fingerprint density at radius 3 is 2.21 bits per heavy atom. The van der Waals surface area contributed by atoms with Crippen molar-refractivity contribution in [2.45, 2.75) is 62.9 Å². The minimum absolute atomic E-state index is 0.237. The molecule has 0 bridgehead atoms. The number of hydrogen-bond acceptors (Lipinski definition) is 8. The molecule has 33 heavy (non-hydrogen) atoms. The summed E-state index contributed by atoms with van der Waals surface area (Å²) in [6.07, 6.45) is 4.29. The first-order chi connectivity index (χ1) is 15.7. The summed E-state index contributed by atoms with van der Waals surface area (Å²) >= 11 is 2.95. The van der Waals surface area contributed by atoms with Crippen LogP contribution < -0.4 is 16.0 Å². The number of rotatable bonds is 15. The summed E-state index contributed by atoms with van der Waals surface area (Å²) in [5.74, 6) is -1.83. The number of carboxylic acid groups (broad SMARTS) is 1. The van der Waals surface area contributed by atoms with Gasteiger partial charge in [-0.2, -0.15) is 23.5 Å². The van der Waals surface area contributed by atoms with Crippen molar-refractivity contribution in [2.24, 2.45) is 0 Å². The largest absolute Gasteiger partial charge is 0.480 e. The molecule has 11 nitrogen and oxygen atoms in total. The Balaban J connectivity index is 2.92. The van der Waals surface area contributed by atoms with E-state index >= 15 is 0 Å². The summed E-state index contributed by atoms with van der Waals surface area (Å²) in [6.45, 7) is 1.59. The number of nitrogens with zero attached hydrogens (tertiary/aromatic N) is 1. The van der Waals surface area contributed by atoms with Gasteiger partial charge in [-0.05, 0) is 56.6 Å². The van der Waals surface area contributed by atoms with Crippen molar-refractivity contribution in [1.82, 2.24) is 20.9 Å². The Morgan fingerprint density at radius 1 is 1.09 bits per heavy atom. The SMILES string of the molecule is CSCC[C@H](NC(=O)[C@@H]1CCCN1C(=O)[C@@H](NC(=O)[C@H](CCSC)NC=O)[C@@H](C)O)C(=O)O. The molecule has 1 fully saturated rings. The molecule has 4 amide bonds. The first kappa shape index (κ1) is 29.0. The van der Waals surface area contributed by atoms with Gasteiger partial charge in [0.05, 0.1) is 6.10 Å². The highest BCUT2D eigenvalue weighted by Gasteiger charge is 2.40. The van der Waals surface area contributed by atoms with Crippen LogP contribution in [0.2, 0.25) is 0 Å². The predicted octanol–water partition coefficient (Wildman–Crippen LogP) is -0.967. The van der Waals surface area contributed by atoms with Gasteiger partial charge < -0.3 is 31.1 Å². The lowest BCUT2D eigenvalue weighted by molar-refractivity contribution is -0.146. The lowest BCUT2D eigenvalue weighted by atomic mass is 10.1. The van der Waals surface area contributed by atoms with E-state index in [1.807, 2.05) is 12.5 Å². The Hall–Kier alpha value is -1.99. The molecule has 0 aliphatic carbocycles. The van der Waals surface area contributed by atoms with Crippen LogP contribution in [0.3, 0.4) is 0 Å². The van der Waals surface area contributed by atoms with Gasteiger partial charge in [-0.3, -0.25) is 19.2 Å². The van der Waals surface area contributed by atoms with Gasteiger partial charge in [0.25, 0.3) is 0 Å². The van der Waals surface area contributed by atoms with E-state index in [2.05, 4.69) is 16.0 Å².